The fourth-order valence-electron chi connectivity index (χ4n) is 1.40. The molecule has 0 saturated heterocycles. The summed E-state index contributed by atoms with van der Waals surface area (Å²) in [5, 5.41) is 15.2. The van der Waals surface area contributed by atoms with Gasteiger partial charge in [-0.15, -0.1) is 0 Å². The maximum atomic E-state index is 8.80. The monoisotopic (exact) mass is 230 g/mol. The van der Waals surface area contributed by atoms with Crippen molar-refractivity contribution in [2.24, 2.45) is 4.99 Å². The molecular formula is C13H18N4. The van der Waals surface area contributed by atoms with E-state index in [0.29, 0.717) is 18.2 Å². The number of benzene rings is 1. The van der Waals surface area contributed by atoms with E-state index in [9.17, 15) is 0 Å². The maximum Gasteiger partial charge on any atom is 0.191 e. The van der Waals surface area contributed by atoms with Crippen molar-refractivity contribution >= 4 is 5.96 Å². The largest absolute Gasteiger partial charge is 0.354 e. The molecule has 1 aromatic rings. The van der Waals surface area contributed by atoms with Crippen molar-refractivity contribution in [3.05, 3.63) is 35.4 Å². The number of nitriles is 1. The van der Waals surface area contributed by atoms with E-state index < -0.39 is 0 Å². The Morgan fingerprint density at radius 1 is 1.47 bits per heavy atom. The van der Waals surface area contributed by atoms with Gasteiger partial charge in [-0.2, -0.15) is 5.26 Å². The van der Waals surface area contributed by atoms with Crippen LogP contribution >= 0.6 is 0 Å². The molecule has 0 aliphatic heterocycles. The van der Waals surface area contributed by atoms with Crippen molar-refractivity contribution in [1.82, 2.24) is 10.6 Å². The quantitative estimate of drug-likeness (QED) is 0.613. The van der Waals surface area contributed by atoms with Gasteiger partial charge in [-0.1, -0.05) is 12.1 Å². The number of hydrogen-bond donors (Lipinski definition) is 2. The minimum Gasteiger partial charge on any atom is -0.354 e. The van der Waals surface area contributed by atoms with E-state index in [1.165, 1.54) is 0 Å². The normalized spacial score (nSPS) is 11.1. The number of aliphatic imine (C=N–C) groups is 1. The van der Waals surface area contributed by atoms with Crippen LogP contribution in [0.1, 0.15) is 25.0 Å². The van der Waals surface area contributed by atoms with Gasteiger partial charge in [-0.05, 0) is 31.5 Å². The lowest BCUT2D eigenvalue weighted by atomic mass is 10.1. The van der Waals surface area contributed by atoms with E-state index in [1.807, 2.05) is 18.2 Å². The van der Waals surface area contributed by atoms with E-state index in [-0.39, 0.29) is 0 Å². The molecule has 90 valence electrons. The molecule has 0 aliphatic rings. The Balaban J connectivity index is 2.57. The first-order valence-electron chi connectivity index (χ1n) is 5.62. The number of nitrogens with one attached hydrogen (secondary N) is 2. The molecule has 17 heavy (non-hydrogen) atoms. The molecule has 0 aliphatic carbocycles. The fourth-order valence-corrected chi connectivity index (χ4v) is 1.40. The first-order valence-corrected chi connectivity index (χ1v) is 5.62. The summed E-state index contributed by atoms with van der Waals surface area (Å²) in [6.07, 6.45) is 0. The van der Waals surface area contributed by atoms with Crippen LogP contribution in [0.2, 0.25) is 0 Å². The van der Waals surface area contributed by atoms with Crippen LogP contribution in [0.4, 0.5) is 0 Å². The number of hydrogen-bond acceptors (Lipinski definition) is 2. The molecule has 0 fully saturated rings. The van der Waals surface area contributed by atoms with Gasteiger partial charge < -0.3 is 10.6 Å². The summed E-state index contributed by atoms with van der Waals surface area (Å²) in [7, 11) is 1.74. The van der Waals surface area contributed by atoms with Gasteiger partial charge in [0.1, 0.15) is 0 Å². The average molecular weight is 230 g/mol. The van der Waals surface area contributed by atoms with Crippen molar-refractivity contribution in [2.45, 2.75) is 26.4 Å². The van der Waals surface area contributed by atoms with Gasteiger partial charge in [0.05, 0.1) is 11.6 Å². The van der Waals surface area contributed by atoms with Gasteiger partial charge in [0.2, 0.25) is 0 Å². The zero-order chi connectivity index (χ0) is 12.7. The Bertz CT molecular complexity index is 429. The molecule has 1 aromatic carbocycles. The summed E-state index contributed by atoms with van der Waals surface area (Å²) in [6, 6.07) is 10.00. The molecule has 0 spiro atoms. The molecule has 1 rings (SSSR count). The van der Waals surface area contributed by atoms with Crippen molar-refractivity contribution < 1.29 is 0 Å². The third kappa shape index (κ3) is 4.56. The summed E-state index contributed by atoms with van der Waals surface area (Å²) >= 11 is 0. The second-order valence-corrected chi connectivity index (χ2v) is 4.04. The van der Waals surface area contributed by atoms with Gasteiger partial charge >= 0.3 is 0 Å². The third-order valence-corrected chi connectivity index (χ3v) is 2.17. The number of rotatable bonds is 3. The topological polar surface area (TPSA) is 60.2 Å². The zero-order valence-corrected chi connectivity index (χ0v) is 10.5. The maximum absolute atomic E-state index is 8.80. The second-order valence-electron chi connectivity index (χ2n) is 4.04. The second kappa shape index (κ2) is 6.54. The van der Waals surface area contributed by atoms with Gasteiger partial charge in [-0.3, -0.25) is 4.99 Å². The Morgan fingerprint density at radius 3 is 2.82 bits per heavy atom. The van der Waals surface area contributed by atoms with Crippen LogP contribution in [0, 0.1) is 11.3 Å². The molecule has 0 unspecified atom stereocenters. The molecule has 0 bridgehead atoms. The van der Waals surface area contributed by atoms with Gasteiger partial charge in [0.25, 0.3) is 0 Å². The van der Waals surface area contributed by atoms with Crippen LogP contribution in [-0.4, -0.2) is 19.0 Å². The smallest absolute Gasteiger partial charge is 0.191 e. The Labute approximate surface area is 102 Å². The summed E-state index contributed by atoms with van der Waals surface area (Å²) in [6.45, 7) is 4.77. The first-order chi connectivity index (χ1) is 8.15. The molecule has 4 nitrogen and oxygen atoms in total. The lowest BCUT2D eigenvalue weighted by molar-refractivity contribution is 0.699. The average Bonchev–Trinajstić information content (AvgIpc) is 2.34. The Kier molecular flexibility index (Phi) is 5.02. The van der Waals surface area contributed by atoms with Gasteiger partial charge in [0, 0.05) is 19.6 Å². The van der Waals surface area contributed by atoms with E-state index in [0.717, 1.165) is 11.5 Å². The number of guanidine groups is 1. The van der Waals surface area contributed by atoms with Crippen molar-refractivity contribution in [3.63, 3.8) is 0 Å². The predicted molar refractivity (Wildman–Crippen MR) is 69.6 cm³/mol. The summed E-state index contributed by atoms with van der Waals surface area (Å²) in [5.74, 6) is 0.766. The zero-order valence-electron chi connectivity index (χ0n) is 10.5. The van der Waals surface area contributed by atoms with Crippen LogP contribution in [0.5, 0.6) is 0 Å². The molecule has 0 heterocycles. The van der Waals surface area contributed by atoms with Crippen LogP contribution in [0.3, 0.4) is 0 Å². The van der Waals surface area contributed by atoms with E-state index in [1.54, 1.807) is 13.1 Å². The molecule has 0 atom stereocenters. The molecule has 0 radical (unpaired) electrons. The molecule has 0 aromatic heterocycles. The van der Waals surface area contributed by atoms with E-state index in [2.05, 4.69) is 35.5 Å². The summed E-state index contributed by atoms with van der Waals surface area (Å²) in [4.78, 5) is 4.12. The highest BCUT2D eigenvalue weighted by molar-refractivity contribution is 5.79. The Morgan fingerprint density at radius 2 is 2.24 bits per heavy atom. The van der Waals surface area contributed by atoms with Crippen LogP contribution in [0.25, 0.3) is 0 Å². The molecule has 4 heteroatoms. The predicted octanol–water partition coefficient (Wildman–Crippen LogP) is 1.63. The Hall–Kier alpha value is -2.02. The van der Waals surface area contributed by atoms with E-state index >= 15 is 0 Å². The lowest BCUT2D eigenvalue weighted by Crippen LogP contribution is -2.40. The highest BCUT2D eigenvalue weighted by Crippen LogP contribution is 2.03. The van der Waals surface area contributed by atoms with Crippen molar-refractivity contribution in [2.75, 3.05) is 7.05 Å². The first kappa shape index (κ1) is 13.0. The summed E-state index contributed by atoms with van der Waals surface area (Å²) < 4.78 is 0. The minimum atomic E-state index is 0.339. The van der Waals surface area contributed by atoms with Gasteiger partial charge in [-0.25, -0.2) is 0 Å². The lowest BCUT2D eigenvalue weighted by Gasteiger charge is -2.14. The SMILES string of the molecule is CN=C(NCc1cccc(C#N)c1)NC(C)C. The summed E-state index contributed by atoms with van der Waals surface area (Å²) in [5.41, 5.74) is 1.74. The van der Waals surface area contributed by atoms with E-state index in [4.69, 9.17) is 5.26 Å². The highest BCUT2D eigenvalue weighted by Gasteiger charge is 2.00. The molecular weight excluding hydrogens is 212 g/mol. The standard InChI is InChI=1S/C13H18N4/c1-10(2)17-13(15-3)16-9-12-6-4-5-11(7-12)8-14/h4-7,10H,9H2,1-3H3,(H2,15,16,17). The third-order valence-electron chi connectivity index (χ3n) is 2.17. The van der Waals surface area contributed by atoms with Crippen LogP contribution in [-0.2, 0) is 6.54 Å². The number of nitrogens with zero attached hydrogens (tertiary/aromatic N) is 2. The molecule has 0 amide bonds. The van der Waals surface area contributed by atoms with Crippen LogP contribution < -0.4 is 10.6 Å². The van der Waals surface area contributed by atoms with Crippen LogP contribution in [0.15, 0.2) is 29.3 Å². The minimum absolute atomic E-state index is 0.339. The highest BCUT2D eigenvalue weighted by atomic mass is 15.2. The van der Waals surface area contributed by atoms with Crippen molar-refractivity contribution in [1.29, 1.82) is 5.26 Å². The molecule has 2 N–H and O–H groups in total. The van der Waals surface area contributed by atoms with Crippen molar-refractivity contribution in [3.8, 4) is 6.07 Å². The van der Waals surface area contributed by atoms with Gasteiger partial charge in [0.15, 0.2) is 5.96 Å². The fraction of sp³-hybridized carbons (Fsp3) is 0.385. The molecule has 0 saturated carbocycles.